The number of ether oxygens (including phenoxy) is 2. The third-order valence-electron chi connectivity index (χ3n) is 5.40. The molecule has 1 aromatic heterocycles. The van der Waals surface area contributed by atoms with E-state index in [1.807, 2.05) is 0 Å². The number of thiophene rings is 1. The van der Waals surface area contributed by atoms with Gasteiger partial charge in [0.05, 0.1) is 25.0 Å². The summed E-state index contributed by atoms with van der Waals surface area (Å²) < 4.78 is 10.3. The van der Waals surface area contributed by atoms with Crippen LogP contribution in [0.1, 0.15) is 50.9 Å². The number of nitrogens with one attached hydrogen (secondary N) is 1. The smallest absolute Gasteiger partial charge is 0.341 e. The Bertz CT molecular complexity index is 1250. The number of esters is 1. The number of amides is 1. The number of hydrogen-bond donors (Lipinski definition) is 3. The van der Waals surface area contributed by atoms with Crippen molar-refractivity contribution in [3.8, 4) is 11.8 Å². The highest BCUT2D eigenvalue weighted by Crippen LogP contribution is 2.39. The second-order valence-electron chi connectivity index (χ2n) is 7.61. The first-order valence-corrected chi connectivity index (χ1v) is 11.7. The Kier molecular flexibility index (Phi) is 8.28. The molecule has 0 atom stereocenters. The number of nitrogens with zero attached hydrogens (tertiary/aromatic N) is 1. The summed E-state index contributed by atoms with van der Waals surface area (Å²) in [6.07, 6.45) is 4.41. The molecule has 1 aliphatic rings. The van der Waals surface area contributed by atoms with E-state index in [0.717, 1.165) is 35.8 Å². The van der Waals surface area contributed by atoms with Crippen LogP contribution in [-0.2, 0) is 22.4 Å². The number of nitrogens with two attached hydrogens (primary N) is 1. The number of ketones is 1. The number of methoxy groups -OCH3 is 1. The van der Waals surface area contributed by atoms with Gasteiger partial charge in [-0.05, 0) is 62.4 Å². The number of benzene rings is 1. The van der Waals surface area contributed by atoms with Crippen LogP contribution in [0.5, 0.6) is 5.75 Å². The maximum atomic E-state index is 13.0. The van der Waals surface area contributed by atoms with E-state index in [9.17, 15) is 24.8 Å². The van der Waals surface area contributed by atoms with Gasteiger partial charge in [-0.15, -0.1) is 11.3 Å². The fraction of sp³-hybridized carbons (Fsp3) is 0.280. The monoisotopic (exact) mass is 495 g/mol. The molecule has 4 N–H and O–H groups in total. The highest BCUT2D eigenvalue weighted by molar-refractivity contribution is 7.16. The van der Waals surface area contributed by atoms with Crippen molar-refractivity contribution in [1.82, 2.24) is 0 Å². The summed E-state index contributed by atoms with van der Waals surface area (Å²) in [6, 6.07) is 7.82. The number of aliphatic hydroxyl groups excluding tert-OH is 1. The number of fused-ring (bicyclic) bond motifs is 1. The molecule has 2 aromatic rings. The molecule has 1 aliphatic carbocycles. The average Bonchev–Trinajstić information content (AvgIpc) is 3.21. The molecule has 0 bridgehead atoms. The van der Waals surface area contributed by atoms with Gasteiger partial charge in [-0.25, -0.2) is 4.79 Å². The van der Waals surface area contributed by atoms with Gasteiger partial charge in [0, 0.05) is 16.5 Å². The van der Waals surface area contributed by atoms with Gasteiger partial charge in [-0.2, -0.15) is 5.26 Å². The quantitative estimate of drug-likeness (QED) is 0.119. The predicted octanol–water partition coefficient (Wildman–Crippen LogP) is 3.81. The third-order valence-corrected chi connectivity index (χ3v) is 6.61. The van der Waals surface area contributed by atoms with Crippen LogP contribution in [0, 0.1) is 11.3 Å². The maximum absolute atomic E-state index is 13.0. The van der Waals surface area contributed by atoms with Gasteiger partial charge in [0.2, 0.25) is 0 Å². The normalized spacial score (nSPS) is 13.7. The van der Waals surface area contributed by atoms with E-state index in [1.165, 1.54) is 30.6 Å². The van der Waals surface area contributed by atoms with E-state index in [0.29, 0.717) is 22.7 Å². The zero-order valence-electron chi connectivity index (χ0n) is 19.3. The van der Waals surface area contributed by atoms with Crippen molar-refractivity contribution in [2.75, 3.05) is 19.0 Å². The Morgan fingerprint density at radius 2 is 1.91 bits per heavy atom. The van der Waals surface area contributed by atoms with Crippen molar-refractivity contribution < 1.29 is 29.0 Å². The molecule has 0 spiro atoms. The highest BCUT2D eigenvalue weighted by Gasteiger charge is 2.28. The lowest BCUT2D eigenvalue weighted by molar-refractivity contribution is -0.114. The molecule has 0 aliphatic heterocycles. The molecule has 3 rings (SSSR count). The standard InChI is InChI=1S/C25H25N3O6S/c1-3-34-25(32)21-16-6-4-5-7-20(16)35-24(21)28-18(22(30)17(13-26)23(27)31)12-19(29)14-8-10-15(33-2)11-9-14/h8-12,28,30H,3-7H2,1-2H3,(H2,27,31). The lowest BCUT2D eigenvalue weighted by Gasteiger charge is -2.14. The van der Waals surface area contributed by atoms with Gasteiger partial charge in [-0.1, -0.05) is 0 Å². The highest BCUT2D eigenvalue weighted by atomic mass is 32.1. The van der Waals surface area contributed by atoms with Crippen LogP contribution >= 0.6 is 11.3 Å². The summed E-state index contributed by atoms with van der Waals surface area (Å²) in [5, 5.41) is 23.3. The molecular weight excluding hydrogens is 470 g/mol. The molecular formula is C25H25N3O6S. The van der Waals surface area contributed by atoms with Crippen molar-refractivity contribution in [2.24, 2.45) is 5.73 Å². The number of primary amides is 1. The molecule has 1 aromatic carbocycles. The minimum Gasteiger partial charge on any atom is -0.504 e. The van der Waals surface area contributed by atoms with Crippen molar-refractivity contribution in [1.29, 1.82) is 5.26 Å². The number of allylic oxidation sites excluding steroid dienone is 1. The fourth-order valence-electron chi connectivity index (χ4n) is 3.69. The van der Waals surface area contributed by atoms with E-state index in [4.69, 9.17) is 15.2 Å². The zero-order chi connectivity index (χ0) is 25.5. The van der Waals surface area contributed by atoms with Crippen molar-refractivity contribution in [2.45, 2.75) is 32.6 Å². The van der Waals surface area contributed by atoms with E-state index in [-0.39, 0.29) is 17.9 Å². The maximum Gasteiger partial charge on any atom is 0.341 e. The number of carbonyl (C=O) groups excluding carboxylic acids is 3. The Labute approximate surface area is 206 Å². The van der Waals surface area contributed by atoms with E-state index < -0.39 is 29.0 Å². The molecule has 0 radical (unpaired) electrons. The molecule has 0 saturated carbocycles. The molecule has 0 unspecified atom stereocenters. The van der Waals surface area contributed by atoms with Gasteiger partial charge in [0.25, 0.3) is 5.91 Å². The molecule has 9 nitrogen and oxygen atoms in total. The first kappa shape index (κ1) is 25.5. The van der Waals surface area contributed by atoms with Crippen LogP contribution < -0.4 is 15.8 Å². The van der Waals surface area contributed by atoms with E-state index in [1.54, 1.807) is 25.1 Å². The van der Waals surface area contributed by atoms with Gasteiger partial charge in [-0.3, -0.25) is 9.59 Å². The van der Waals surface area contributed by atoms with Crippen molar-refractivity contribution in [3.05, 3.63) is 68.9 Å². The Balaban J connectivity index is 2.12. The van der Waals surface area contributed by atoms with Crippen LogP contribution in [0.3, 0.4) is 0 Å². The largest absolute Gasteiger partial charge is 0.504 e. The number of carbonyl (C=O) groups is 3. The Morgan fingerprint density at radius 3 is 2.51 bits per heavy atom. The first-order chi connectivity index (χ1) is 16.8. The van der Waals surface area contributed by atoms with Crippen LogP contribution in [0.4, 0.5) is 5.00 Å². The van der Waals surface area contributed by atoms with E-state index >= 15 is 0 Å². The second-order valence-corrected chi connectivity index (χ2v) is 8.72. The topological polar surface area (TPSA) is 152 Å². The number of nitriles is 1. The van der Waals surface area contributed by atoms with Gasteiger partial charge in [0.1, 0.15) is 16.8 Å². The number of anilines is 1. The third kappa shape index (κ3) is 5.70. The molecule has 182 valence electrons. The number of hydrogen-bond acceptors (Lipinski definition) is 9. The molecule has 35 heavy (non-hydrogen) atoms. The first-order valence-electron chi connectivity index (χ1n) is 10.9. The van der Waals surface area contributed by atoms with Crippen LogP contribution in [-0.4, -0.2) is 36.5 Å². The Morgan fingerprint density at radius 1 is 1.23 bits per heavy atom. The Hall–Kier alpha value is -4.10. The van der Waals surface area contributed by atoms with Gasteiger partial charge in [0.15, 0.2) is 17.1 Å². The molecule has 1 amide bonds. The lowest BCUT2D eigenvalue weighted by Crippen LogP contribution is -2.18. The SMILES string of the molecule is CCOC(=O)c1c(NC(=CC(=O)c2ccc(OC)cc2)C(O)=C(C#N)C(N)=O)sc2c1CCCC2. The molecule has 0 fully saturated rings. The molecule has 1 heterocycles. The molecule has 0 saturated heterocycles. The zero-order valence-corrected chi connectivity index (χ0v) is 20.2. The summed E-state index contributed by atoms with van der Waals surface area (Å²) >= 11 is 1.30. The van der Waals surface area contributed by atoms with Gasteiger partial charge < -0.3 is 25.6 Å². The average molecular weight is 496 g/mol. The summed E-state index contributed by atoms with van der Waals surface area (Å²) in [7, 11) is 1.50. The number of aryl methyl sites for hydroxylation is 1. The van der Waals surface area contributed by atoms with Crippen LogP contribution in [0.2, 0.25) is 0 Å². The summed E-state index contributed by atoms with van der Waals surface area (Å²) in [4.78, 5) is 38.5. The summed E-state index contributed by atoms with van der Waals surface area (Å²) in [5.41, 5.74) is 5.72. The van der Waals surface area contributed by atoms with E-state index in [2.05, 4.69) is 5.32 Å². The minimum absolute atomic E-state index is 0.174. The van der Waals surface area contributed by atoms with Crippen LogP contribution in [0.15, 0.2) is 47.4 Å². The fourth-order valence-corrected chi connectivity index (χ4v) is 4.98. The minimum atomic E-state index is -1.16. The predicted molar refractivity (Wildman–Crippen MR) is 130 cm³/mol. The summed E-state index contributed by atoms with van der Waals surface area (Å²) in [5.74, 6) is -2.47. The lowest BCUT2D eigenvalue weighted by atomic mass is 9.95. The number of rotatable bonds is 9. The number of aliphatic hydroxyl groups is 1. The second kappa shape index (κ2) is 11.4. The van der Waals surface area contributed by atoms with Crippen molar-refractivity contribution >= 4 is 34.0 Å². The van der Waals surface area contributed by atoms with Gasteiger partial charge >= 0.3 is 5.97 Å². The van der Waals surface area contributed by atoms with Crippen LogP contribution in [0.25, 0.3) is 0 Å². The molecule has 10 heteroatoms. The summed E-state index contributed by atoms with van der Waals surface area (Å²) in [6.45, 7) is 1.87. The van der Waals surface area contributed by atoms with Crippen molar-refractivity contribution in [3.63, 3.8) is 0 Å².